The lowest BCUT2D eigenvalue weighted by Crippen LogP contribution is -2.48. The van der Waals surface area contributed by atoms with Crippen molar-refractivity contribution in [1.29, 1.82) is 0 Å². The SMILES string of the molecule is COC(=O)N1CCNC(c2cc(=O)[nH]cn2)C1. The number of nitrogens with one attached hydrogen (secondary N) is 2. The number of hydrogen-bond donors (Lipinski definition) is 2. The number of H-pyrrole nitrogens is 1. The van der Waals surface area contributed by atoms with Gasteiger partial charge in [0.2, 0.25) is 0 Å². The third-order valence-corrected chi connectivity index (χ3v) is 2.66. The zero-order valence-corrected chi connectivity index (χ0v) is 9.47. The summed E-state index contributed by atoms with van der Waals surface area (Å²) in [7, 11) is 1.35. The second-order valence-corrected chi connectivity index (χ2v) is 3.76. The number of ether oxygens (including phenoxy) is 1. The Morgan fingerprint density at radius 3 is 3.18 bits per heavy atom. The van der Waals surface area contributed by atoms with Crippen molar-refractivity contribution in [2.45, 2.75) is 6.04 Å². The van der Waals surface area contributed by atoms with E-state index in [1.165, 1.54) is 19.5 Å². The first kappa shape index (κ1) is 11.6. The zero-order chi connectivity index (χ0) is 12.3. The van der Waals surface area contributed by atoms with E-state index in [0.717, 1.165) is 0 Å². The number of hydrogen-bond acceptors (Lipinski definition) is 5. The predicted molar refractivity (Wildman–Crippen MR) is 59.6 cm³/mol. The van der Waals surface area contributed by atoms with E-state index >= 15 is 0 Å². The molecule has 0 aliphatic carbocycles. The Balaban J connectivity index is 2.12. The molecule has 1 aromatic heterocycles. The number of amides is 1. The lowest BCUT2D eigenvalue weighted by atomic mass is 10.1. The molecule has 1 amide bonds. The highest BCUT2D eigenvalue weighted by Gasteiger charge is 2.25. The molecule has 0 bridgehead atoms. The highest BCUT2D eigenvalue weighted by Crippen LogP contribution is 2.13. The normalized spacial score (nSPS) is 20.1. The Morgan fingerprint density at radius 1 is 1.65 bits per heavy atom. The van der Waals surface area contributed by atoms with Crippen molar-refractivity contribution in [1.82, 2.24) is 20.2 Å². The van der Waals surface area contributed by atoms with Gasteiger partial charge in [0.05, 0.1) is 25.2 Å². The molecule has 1 unspecified atom stereocenters. The molecule has 1 aromatic rings. The van der Waals surface area contributed by atoms with Gasteiger partial charge in [0, 0.05) is 25.7 Å². The Bertz CT molecular complexity index is 459. The van der Waals surface area contributed by atoms with Crippen LogP contribution >= 0.6 is 0 Å². The lowest BCUT2D eigenvalue weighted by molar-refractivity contribution is 0.109. The van der Waals surface area contributed by atoms with Crippen molar-refractivity contribution < 1.29 is 9.53 Å². The van der Waals surface area contributed by atoms with Crippen LogP contribution < -0.4 is 10.9 Å². The van der Waals surface area contributed by atoms with E-state index in [-0.39, 0.29) is 17.7 Å². The molecule has 7 nitrogen and oxygen atoms in total. The maximum atomic E-state index is 11.4. The van der Waals surface area contributed by atoms with Crippen LogP contribution in [-0.2, 0) is 4.74 Å². The van der Waals surface area contributed by atoms with Gasteiger partial charge in [-0.3, -0.25) is 4.79 Å². The van der Waals surface area contributed by atoms with E-state index in [4.69, 9.17) is 0 Å². The first-order valence-electron chi connectivity index (χ1n) is 5.31. The monoisotopic (exact) mass is 238 g/mol. The minimum absolute atomic E-state index is 0.134. The fourth-order valence-corrected chi connectivity index (χ4v) is 1.82. The molecule has 92 valence electrons. The van der Waals surface area contributed by atoms with Crippen molar-refractivity contribution in [3.63, 3.8) is 0 Å². The number of aromatic nitrogens is 2. The van der Waals surface area contributed by atoms with Crippen molar-refractivity contribution in [2.75, 3.05) is 26.7 Å². The summed E-state index contributed by atoms with van der Waals surface area (Å²) in [4.78, 5) is 30.7. The largest absolute Gasteiger partial charge is 0.453 e. The van der Waals surface area contributed by atoms with Gasteiger partial charge in [-0.15, -0.1) is 0 Å². The molecular formula is C10H14N4O3. The summed E-state index contributed by atoms with van der Waals surface area (Å²) >= 11 is 0. The van der Waals surface area contributed by atoms with Gasteiger partial charge in [0.15, 0.2) is 0 Å². The summed E-state index contributed by atoms with van der Waals surface area (Å²) in [5.74, 6) is 0. The molecule has 0 spiro atoms. The standard InChI is InChI=1S/C10H14N4O3/c1-17-10(16)14-3-2-11-8(5-14)7-4-9(15)13-6-12-7/h4,6,8,11H,2-3,5H2,1H3,(H,12,13,15). The molecule has 0 radical (unpaired) electrons. The fraction of sp³-hybridized carbons (Fsp3) is 0.500. The van der Waals surface area contributed by atoms with Crippen LogP contribution in [-0.4, -0.2) is 47.7 Å². The minimum atomic E-state index is -0.360. The number of carbonyl (C=O) groups excluding carboxylic acids is 1. The van der Waals surface area contributed by atoms with Gasteiger partial charge < -0.3 is 19.9 Å². The van der Waals surface area contributed by atoms with E-state index in [9.17, 15) is 9.59 Å². The number of piperazine rings is 1. The average molecular weight is 238 g/mol. The Morgan fingerprint density at radius 2 is 2.47 bits per heavy atom. The third kappa shape index (κ3) is 2.62. The van der Waals surface area contributed by atoms with Crippen molar-refractivity contribution in [3.8, 4) is 0 Å². The first-order chi connectivity index (χ1) is 8.20. The molecule has 1 aliphatic heterocycles. The summed E-state index contributed by atoms with van der Waals surface area (Å²) in [6.45, 7) is 1.68. The van der Waals surface area contributed by atoms with E-state index in [1.54, 1.807) is 4.90 Å². The van der Waals surface area contributed by atoms with Crippen molar-refractivity contribution >= 4 is 6.09 Å². The van der Waals surface area contributed by atoms with Crippen LogP contribution in [0.2, 0.25) is 0 Å². The smallest absolute Gasteiger partial charge is 0.409 e. The molecule has 0 aromatic carbocycles. The highest BCUT2D eigenvalue weighted by atomic mass is 16.5. The summed E-state index contributed by atoms with van der Waals surface area (Å²) in [6.07, 6.45) is 0.998. The molecule has 0 saturated carbocycles. The van der Waals surface area contributed by atoms with Gasteiger partial charge in [-0.2, -0.15) is 0 Å². The lowest BCUT2D eigenvalue weighted by Gasteiger charge is -2.32. The first-order valence-corrected chi connectivity index (χ1v) is 5.31. The molecule has 1 saturated heterocycles. The third-order valence-electron chi connectivity index (χ3n) is 2.66. The predicted octanol–water partition coefficient (Wildman–Crippen LogP) is -0.517. The molecule has 2 heterocycles. The van der Waals surface area contributed by atoms with Crippen LogP contribution in [0, 0.1) is 0 Å². The summed E-state index contributed by atoms with van der Waals surface area (Å²) in [5, 5.41) is 3.21. The topological polar surface area (TPSA) is 87.3 Å². The molecule has 1 fully saturated rings. The van der Waals surface area contributed by atoms with Crippen LogP contribution in [0.1, 0.15) is 11.7 Å². The zero-order valence-electron chi connectivity index (χ0n) is 9.47. The van der Waals surface area contributed by atoms with Crippen LogP contribution in [0.25, 0.3) is 0 Å². The molecule has 7 heteroatoms. The molecule has 17 heavy (non-hydrogen) atoms. The van der Waals surface area contributed by atoms with Crippen LogP contribution in [0.15, 0.2) is 17.2 Å². The van der Waals surface area contributed by atoms with Gasteiger partial charge in [-0.25, -0.2) is 9.78 Å². The van der Waals surface area contributed by atoms with Crippen molar-refractivity contribution in [2.24, 2.45) is 0 Å². The highest BCUT2D eigenvalue weighted by molar-refractivity contribution is 5.67. The molecular weight excluding hydrogens is 224 g/mol. The Labute approximate surface area is 97.8 Å². The van der Waals surface area contributed by atoms with E-state index in [0.29, 0.717) is 25.3 Å². The number of methoxy groups -OCH3 is 1. The Hall–Kier alpha value is -1.89. The second kappa shape index (κ2) is 4.96. The van der Waals surface area contributed by atoms with Gasteiger partial charge in [-0.1, -0.05) is 0 Å². The summed E-state index contributed by atoms with van der Waals surface area (Å²) in [5.41, 5.74) is 0.425. The number of aromatic amines is 1. The quantitative estimate of drug-likeness (QED) is 0.687. The number of nitrogens with zero attached hydrogens (tertiary/aromatic N) is 2. The minimum Gasteiger partial charge on any atom is -0.453 e. The van der Waals surface area contributed by atoms with Crippen LogP contribution in [0.5, 0.6) is 0 Å². The summed E-state index contributed by atoms with van der Waals surface area (Å²) < 4.78 is 4.67. The number of carbonyl (C=O) groups is 1. The maximum Gasteiger partial charge on any atom is 0.409 e. The maximum absolute atomic E-state index is 11.4. The van der Waals surface area contributed by atoms with Gasteiger partial charge in [-0.05, 0) is 0 Å². The van der Waals surface area contributed by atoms with Crippen LogP contribution in [0.4, 0.5) is 4.79 Å². The fourth-order valence-electron chi connectivity index (χ4n) is 1.82. The van der Waals surface area contributed by atoms with E-state index < -0.39 is 0 Å². The van der Waals surface area contributed by atoms with Crippen molar-refractivity contribution in [3.05, 3.63) is 28.4 Å². The second-order valence-electron chi connectivity index (χ2n) is 3.76. The van der Waals surface area contributed by atoms with Crippen LogP contribution in [0.3, 0.4) is 0 Å². The van der Waals surface area contributed by atoms with Gasteiger partial charge in [0.1, 0.15) is 0 Å². The molecule has 2 N–H and O–H groups in total. The summed E-state index contributed by atoms with van der Waals surface area (Å²) in [6, 6.07) is 1.29. The van der Waals surface area contributed by atoms with E-state index in [1.807, 2.05) is 0 Å². The van der Waals surface area contributed by atoms with Gasteiger partial charge >= 0.3 is 6.09 Å². The average Bonchev–Trinajstić information content (AvgIpc) is 2.38. The molecule has 2 rings (SSSR count). The van der Waals surface area contributed by atoms with E-state index in [2.05, 4.69) is 20.0 Å². The number of rotatable bonds is 1. The molecule has 1 atom stereocenters. The molecule has 1 aliphatic rings. The Kier molecular flexibility index (Phi) is 3.38. The van der Waals surface area contributed by atoms with Gasteiger partial charge in [0.25, 0.3) is 5.56 Å².